The van der Waals surface area contributed by atoms with Crippen molar-refractivity contribution < 1.29 is 14.3 Å². The summed E-state index contributed by atoms with van der Waals surface area (Å²) < 4.78 is 10.6. The van der Waals surface area contributed by atoms with E-state index in [-0.39, 0.29) is 17.6 Å². The highest BCUT2D eigenvalue weighted by Crippen LogP contribution is 2.27. The molecular weight excluding hydrogens is 244 g/mol. The normalized spacial score (nSPS) is 26.2. The van der Waals surface area contributed by atoms with Crippen LogP contribution in [-0.2, 0) is 4.74 Å². The second-order valence-corrected chi connectivity index (χ2v) is 5.09. The number of nitrogens with one attached hydrogen (secondary N) is 1. The first-order chi connectivity index (χ1) is 8.96. The Morgan fingerprint density at radius 2 is 2.32 bits per heavy atom. The van der Waals surface area contributed by atoms with Crippen LogP contribution in [0, 0.1) is 0 Å². The average Bonchev–Trinajstić information content (AvgIpc) is 2.69. The molecule has 19 heavy (non-hydrogen) atoms. The molecule has 0 bridgehead atoms. The van der Waals surface area contributed by atoms with Crippen LogP contribution in [0.25, 0.3) is 0 Å². The molecule has 1 fully saturated rings. The van der Waals surface area contributed by atoms with Gasteiger partial charge in [0.15, 0.2) is 0 Å². The largest absolute Gasteiger partial charge is 0.495 e. The molecule has 1 saturated heterocycles. The van der Waals surface area contributed by atoms with E-state index in [0.29, 0.717) is 23.6 Å². The summed E-state index contributed by atoms with van der Waals surface area (Å²) in [6, 6.07) is 5.01. The van der Waals surface area contributed by atoms with Crippen molar-refractivity contribution in [1.82, 2.24) is 5.32 Å². The van der Waals surface area contributed by atoms with Gasteiger partial charge in [-0.2, -0.15) is 0 Å². The molecule has 1 aromatic rings. The number of rotatable bonds is 3. The summed E-state index contributed by atoms with van der Waals surface area (Å²) in [4.78, 5) is 12.3. The first-order valence-electron chi connectivity index (χ1n) is 6.34. The van der Waals surface area contributed by atoms with E-state index < -0.39 is 0 Å². The highest BCUT2D eigenvalue weighted by Gasteiger charge is 2.38. The van der Waals surface area contributed by atoms with Crippen LogP contribution in [0.2, 0.25) is 0 Å². The molecule has 0 saturated carbocycles. The summed E-state index contributed by atoms with van der Waals surface area (Å²) in [5.41, 5.74) is 6.46. The molecule has 1 amide bonds. The Morgan fingerprint density at radius 1 is 1.58 bits per heavy atom. The van der Waals surface area contributed by atoms with Crippen molar-refractivity contribution in [3.8, 4) is 5.75 Å². The molecule has 5 nitrogen and oxygen atoms in total. The lowest BCUT2D eigenvalue weighted by molar-refractivity contribution is 0.0727. The number of anilines is 1. The molecule has 1 aromatic carbocycles. The minimum Gasteiger partial charge on any atom is -0.495 e. The van der Waals surface area contributed by atoms with Crippen LogP contribution in [-0.4, -0.2) is 31.3 Å². The van der Waals surface area contributed by atoms with Crippen molar-refractivity contribution in [2.75, 3.05) is 19.5 Å². The number of nitrogens with two attached hydrogens (primary N) is 1. The van der Waals surface area contributed by atoms with Gasteiger partial charge in [-0.3, -0.25) is 4.79 Å². The van der Waals surface area contributed by atoms with Gasteiger partial charge in [-0.25, -0.2) is 0 Å². The van der Waals surface area contributed by atoms with Crippen molar-refractivity contribution in [1.29, 1.82) is 0 Å². The van der Waals surface area contributed by atoms with Crippen LogP contribution in [0.5, 0.6) is 5.75 Å². The minimum atomic E-state index is -0.328. The van der Waals surface area contributed by atoms with Crippen molar-refractivity contribution in [2.24, 2.45) is 0 Å². The Kier molecular flexibility index (Phi) is 3.66. The molecule has 0 radical (unpaired) electrons. The molecule has 0 spiro atoms. The predicted molar refractivity (Wildman–Crippen MR) is 73.3 cm³/mol. The summed E-state index contributed by atoms with van der Waals surface area (Å²) >= 11 is 0. The van der Waals surface area contributed by atoms with Gasteiger partial charge in [0.25, 0.3) is 5.91 Å². The molecule has 2 atom stereocenters. The predicted octanol–water partition coefficient (Wildman–Crippen LogP) is 1.57. The van der Waals surface area contributed by atoms with Gasteiger partial charge in [0, 0.05) is 12.2 Å². The van der Waals surface area contributed by atoms with E-state index in [2.05, 4.69) is 5.32 Å². The number of amides is 1. The van der Waals surface area contributed by atoms with Crippen LogP contribution in [0.3, 0.4) is 0 Å². The molecule has 1 aliphatic rings. The number of methoxy groups -OCH3 is 1. The van der Waals surface area contributed by atoms with Gasteiger partial charge in [-0.15, -0.1) is 0 Å². The molecule has 104 valence electrons. The average molecular weight is 264 g/mol. The molecule has 1 aliphatic heterocycles. The topological polar surface area (TPSA) is 73.6 Å². The number of carbonyl (C=O) groups is 1. The third kappa shape index (κ3) is 2.66. The highest BCUT2D eigenvalue weighted by atomic mass is 16.5. The first-order valence-corrected chi connectivity index (χ1v) is 6.34. The SMILES string of the molecule is COc1cc(C(=O)NC2(C)CCOC2C)ccc1N. The Morgan fingerprint density at radius 3 is 2.89 bits per heavy atom. The van der Waals surface area contributed by atoms with Crippen molar-refractivity contribution in [2.45, 2.75) is 31.9 Å². The van der Waals surface area contributed by atoms with E-state index in [1.807, 2.05) is 13.8 Å². The van der Waals surface area contributed by atoms with Gasteiger partial charge in [0.05, 0.1) is 24.4 Å². The monoisotopic (exact) mass is 264 g/mol. The summed E-state index contributed by atoms with van der Waals surface area (Å²) in [5, 5.41) is 3.03. The van der Waals surface area contributed by atoms with E-state index >= 15 is 0 Å². The number of ether oxygens (including phenoxy) is 2. The summed E-state index contributed by atoms with van der Waals surface area (Å²) in [6.45, 7) is 4.64. The molecule has 0 aliphatic carbocycles. The maximum Gasteiger partial charge on any atom is 0.251 e. The zero-order chi connectivity index (χ0) is 14.0. The van der Waals surface area contributed by atoms with Gasteiger partial charge >= 0.3 is 0 Å². The standard InChI is InChI=1S/C14H20N2O3/c1-9-14(2,6-7-19-9)16-13(17)10-4-5-11(15)12(8-10)18-3/h4-5,8-9H,6-7,15H2,1-3H3,(H,16,17). The Bertz CT molecular complexity index is 490. The van der Waals surface area contributed by atoms with E-state index in [4.69, 9.17) is 15.2 Å². The quantitative estimate of drug-likeness (QED) is 0.813. The fourth-order valence-electron chi connectivity index (χ4n) is 2.18. The van der Waals surface area contributed by atoms with Crippen LogP contribution in [0.4, 0.5) is 5.69 Å². The smallest absolute Gasteiger partial charge is 0.251 e. The summed E-state index contributed by atoms with van der Waals surface area (Å²) in [6.07, 6.45) is 0.818. The second kappa shape index (κ2) is 5.09. The third-order valence-corrected chi connectivity index (χ3v) is 3.78. The lowest BCUT2D eigenvalue weighted by Crippen LogP contribution is -2.50. The Balaban J connectivity index is 2.16. The number of benzene rings is 1. The molecule has 1 heterocycles. The van der Waals surface area contributed by atoms with Crippen molar-refractivity contribution >= 4 is 11.6 Å². The number of hydrogen-bond donors (Lipinski definition) is 2. The molecule has 2 rings (SSSR count). The molecule has 2 unspecified atom stereocenters. The lowest BCUT2D eigenvalue weighted by Gasteiger charge is -2.29. The van der Waals surface area contributed by atoms with E-state index in [1.165, 1.54) is 7.11 Å². The number of hydrogen-bond acceptors (Lipinski definition) is 4. The summed E-state index contributed by atoms with van der Waals surface area (Å²) in [7, 11) is 1.53. The first kappa shape index (κ1) is 13.7. The maximum absolute atomic E-state index is 12.3. The fourth-order valence-corrected chi connectivity index (χ4v) is 2.18. The van der Waals surface area contributed by atoms with Crippen molar-refractivity contribution in [3.05, 3.63) is 23.8 Å². The lowest BCUT2D eigenvalue weighted by atomic mass is 9.94. The maximum atomic E-state index is 12.3. The van der Waals surface area contributed by atoms with Crippen LogP contribution in [0.15, 0.2) is 18.2 Å². The van der Waals surface area contributed by atoms with E-state index in [0.717, 1.165) is 6.42 Å². The van der Waals surface area contributed by atoms with Gasteiger partial charge < -0.3 is 20.5 Å². The Hall–Kier alpha value is -1.75. The van der Waals surface area contributed by atoms with Crippen LogP contribution in [0.1, 0.15) is 30.6 Å². The van der Waals surface area contributed by atoms with Crippen molar-refractivity contribution in [3.63, 3.8) is 0 Å². The number of carbonyl (C=O) groups excluding carboxylic acids is 1. The van der Waals surface area contributed by atoms with E-state index in [9.17, 15) is 4.79 Å². The summed E-state index contributed by atoms with van der Waals surface area (Å²) in [5.74, 6) is 0.367. The molecular formula is C14H20N2O3. The highest BCUT2D eigenvalue weighted by molar-refractivity contribution is 5.95. The van der Waals surface area contributed by atoms with Gasteiger partial charge in [0.2, 0.25) is 0 Å². The van der Waals surface area contributed by atoms with Crippen LogP contribution < -0.4 is 15.8 Å². The number of nitrogen functional groups attached to an aromatic ring is 1. The fraction of sp³-hybridized carbons (Fsp3) is 0.500. The minimum absolute atomic E-state index is 0.00660. The molecule has 5 heteroatoms. The van der Waals surface area contributed by atoms with Gasteiger partial charge in [-0.05, 0) is 38.5 Å². The molecule has 3 N–H and O–H groups in total. The van der Waals surface area contributed by atoms with Crippen LogP contribution >= 0.6 is 0 Å². The second-order valence-electron chi connectivity index (χ2n) is 5.09. The molecule has 0 aromatic heterocycles. The zero-order valence-electron chi connectivity index (χ0n) is 11.5. The van der Waals surface area contributed by atoms with Gasteiger partial charge in [-0.1, -0.05) is 0 Å². The van der Waals surface area contributed by atoms with E-state index in [1.54, 1.807) is 18.2 Å². The Labute approximate surface area is 113 Å². The zero-order valence-corrected chi connectivity index (χ0v) is 11.5. The third-order valence-electron chi connectivity index (χ3n) is 3.78. The van der Waals surface area contributed by atoms with Gasteiger partial charge in [0.1, 0.15) is 5.75 Å².